The Morgan fingerprint density at radius 2 is 2.13 bits per heavy atom. The minimum absolute atomic E-state index is 0.0207. The molecule has 2 nitrogen and oxygen atoms in total. The summed E-state index contributed by atoms with van der Waals surface area (Å²) in [6, 6.07) is 7.90. The summed E-state index contributed by atoms with van der Waals surface area (Å²) in [4.78, 5) is 14.2. The summed E-state index contributed by atoms with van der Waals surface area (Å²) in [5.41, 5.74) is 2.80. The fraction of sp³-hybridized carbons (Fsp3) is 0.250. The third kappa shape index (κ3) is 2.05. The van der Waals surface area contributed by atoms with E-state index in [4.69, 9.17) is 11.6 Å². The van der Waals surface area contributed by atoms with Gasteiger partial charge in [-0.05, 0) is 42.5 Å². The van der Waals surface area contributed by atoms with Gasteiger partial charge in [0.25, 0.3) is 5.56 Å². The maximum atomic E-state index is 11.4. The van der Waals surface area contributed by atoms with E-state index in [0.29, 0.717) is 5.88 Å². The first-order valence-electron chi connectivity index (χ1n) is 4.89. The Bertz CT molecular complexity index is 545. The van der Waals surface area contributed by atoms with Gasteiger partial charge in [0.1, 0.15) is 0 Å². The largest absolute Gasteiger partial charge is 0.322 e. The van der Waals surface area contributed by atoms with Crippen molar-refractivity contribution in [1.29, 1.82) is 0 Å². The van der Waals surface area contributed by atoms with Gasteiger partial charge in [0, 0.05) is 17.0 Å². The maximum absolute atomic E-state index is 11.4. The molecule has 0 atom stereocenters. The van der Waals surface area contributed by atoms with Gasteiger partial charge in [-0.1, -0.05) is 6.07 Å². The highest BCUT2D eigenvalue weighted by Gasteiger charge is 1.99. The molecule has 2 rings (SSSR count). The van der Waals surface area contributed by atoms with Crippen LogP contribution in [0.25, 0.3) is 10.9 Å². The summed E-state index contributed by atoms with van der Waals surface area (Å²) in [6.07, 6.45) is 0.857. The molecule has 1 heterocycles. The fourth-order valence-electron chi connectivity index (χ4n) is 1.63. The molecule has 3 heteroatoms. The monoisotopic (exact) mass is 221 g/mol. The number of alkyl halides is 1. The standard InChI is InChI=1S/C12H12ClNO/c1-8-6-10-7-9(4-5-13)2-3-11(10)14-12(8)15/h2-3,6-7H,4-5H2,1H3,(H,14,15). The van der Waals surface area contributed by atoms with E-state index in [9.17, 15) is 4.79 Å². The second kappa shape index (κ2) is 4.07. The van der Waals surface area contributed by atoms with Crippen LogP contribution in [0.15, 0.2) is 29.1 Å². The second-order valence-electron chi connectivity index (χ2n) is 3.64. The lowest BCUT2D eigenvalue weighted by atomic mass is 10.1. The molecule has 0 bridgehead atoms. The van der Waals surface area contributed by atoms with Crippen molar-refractivity contribution in [3.63, 3.8) is 0 Å². The van der Waals surface area contributed by atoms with Crippen LogP contribution in [0.1, 0.15) is 11.1 Å². The highest BCUT2D eigenvalue weighted by Crippen LogP contribution is 2.14. The number of pyridine rings is 1. The van der Waals surface area contributed by atoms with Crippen LogP contribution in [0.3, 0.4) is 0 Å². The molecule has 0 unspecified atom stereocenters. The molecule has 15 heavy (non-hydrogen) atoms. The van der Waals surface area contributed by atoms with Gasteiger partial charge in [0.2, 0.25) is 0 Å². The van der Waals surface area contributed by atoms with Gasteiger partial charge >= 0.3 is 0 Å². The number of rotatable bonds is 2. The van der Waals surface area contributed by atoms with E-state index in [1.165, 1.54) is 5.56 Å². The number of nitrogens with one attached hydrogen (secondary N) is 1. The van der Waals surface area contributed by atoms with E-state index in [0.717, 1.165) is 22.9 Å². The van der Waals surface area contributed by atoms with Crippen LogP contribution in [0.2, 0.25) is 0 Å². The molecule has 0 amide bonds. The minimum atomic E-state index is -0.0207. The van der Waals surface area contributed by atoms with Gasteiger partial charge in [-0.25, -0.2) is 0 Å². The average molecular weight is 222 g/mol. The van der Waals surface area contributed by atoms with Crippen LogP contribution < -0.4 is 5.56 Å². The van der Waals surface area contributed by atoms with Crippen molar-refractivity contribution in [2.24, 2.45) is 0 Å². The Morgan fingerprint density at radius 1 is 1.33 bits per heavy atom. The number of H-pyrrole nitrogens is 1. The molecule has 0 aliphatic heterocycles. The van der Waals surface area contributed by atoms with Crippen LogP contribution >= 0.6 is 11.6 Å². The summed E-state index contributed by atoms with van der Waals surface area (Å²) in [5, 5.41) is 1.06. The van der Waals surface area contributed by atoms with Gasteiger partial charge in [-0.2, -0.15) is 0 Å². The Labute approximate surface area is 92.9 Å². The van der Waals surface area contributed by atoms with Crippen molar-refractivity contribution in [3.8, 4) is 0 Å². The van der Waals surface area contributed by atoms with Crippen molar-refractivity contribution < 1.29 is 0 Å². The number of fused-ring (bicyclic) bond motifs is 1. The molecular formula is C12H12ClNO. The minimum Gasteiger partial charge on any atom is -0.322 e. The number of aromatic amines is 1. The van der Waals surface area contributed by atoms with Crippen LogP contribution in [0.5, 0.6) is 0 Å². The predicted molar refractivity (Wildman–Crippen MR) is 63.7 cm³/mol. The molecule has 0 saturated carbocycles. The number of aromatic nitrogens is 1. The van der Waals surface area contributed by atoms with Gasteiger partial charge in [-0.15, -0.1) is 11.6 Å². The lowest BCUT2D eigenvalue weighted by Gasteiger charge is -2.02. The summed E-state index contributed by atoms with van der Waals surface area (Å²) in [6.45, 7) is 1.81. The second-order valence-corrected chi connectivity index (χ2v) is 4.02. The van der Waals surface area contributed by atoms with Crippen molar-refractivity contribution in [2.75, 3.05) is 5.88 Å². The SMILES string of the molecule is Cc1cc2cc(CCCl)ccc2[nH]c1=O. The fourth-order valence-corrected chi connectivity index (χ4v) is 1.85. The summed E-state index contributed by atoms with van der Waals surface area (Å²) in [5.74, 6) is 0.619. The van der Waals surface area contributed by atoms with Crippen molar-refractivity contribution >= 4 is 22.5 Å². The van der Waals surface area contributed by atoms with E-state index in [1.807, 2.05) is 25.1 Å². The lowest BCUT2D eigenvalue weighted by molar-refractivity contribution is 1.15. The Balaban J connectivity index is 2.61. The molecule has 1 N–H and O–H groups in total. The third-order valence-electron chi connectivity index (χ3n) is 2.48. The lowest BCUT2D eigenvalue weighted by Crippen LogP contribution is -2.08. The van der Waals surface area contributed by atoms with E-state index < -0.39 is 0 Å². The zero-order chi connectivity index (χ0) is 10.8. The molecule has 0 aliphatic rings. The Hall–Kier alpha value is -1.28. The first-order chi connectivity index (χ1) is 7.20. The number of hydrogen-bond donors (Lipinski definition) is 1. The molecule has 0 saturated heterocycles. The quantitative estimate of drug-likeness (QED) is 0.777. The summed E-state index contributed by atoms with van der Waals surface area (Å²) in [7, 11) is 0. The van der Waals surface area contributed by atoms with Crippen molar-refractivity contribution in [2.45, 2.75) is 13.3 Å². The number of aryl methyl sites for hydroxylation is 2. The number of benzene rings is 1. The van der Waals surface area contributed by atoms with Gasteiger partial charge in [0.05, 0.1) is 0 Å². The molecule has 1 aromatic heterocycles. The van der Waals surface area contributed by atoms with Gasteiger partial charge < -0.3 is 4.98 Å². The van der Waals surface area contributed by atoms with Gasteiger partial charge in [0.15, 0.2) is 0 Å². The van der Waals surface area contributed by atoms with E-state index >= 15 is 0 Å². The summed E-state index contributed by atoms with van der Waals surface area (Å²) < 4.78 is 0. The highest BCUT2D eigenvalue weighted by atomic mass is 35.5. The molecular weight excluding hydrogens is 210 g/mol. The normalized spacial score (nSPS) is 10.8. The first kappa shape index (κ1) is 10.2. The van der Waals surface area contributed by atoms with Gasteiger partial charge in [-0.3, -0.25) is 4.79 Å². The number of halogens is 1. The Kier molecular flexibility index (Phi) is 2.78. The molecule has 78 valence electrons. The van der Waals surface area contributed by atoms with Crippen LogP contribution in [0.4, 0.5) is 0 Å². The number of hydrogen-bond acceptors (Lipinski definition) is 1. The first-order valence-corrected chi connectivity index (χ1v) is 5.42. The summed E-state index contributed by atoms with van der Waals surface area (Å²) >= 11 is 5.69. The third-order valence-corrected chi connectivity index (χ3v) is 2.67. The van der Waals surface area contributed by atoms with Crippen molar-refractivity contribution in [3.05, 3.63) is 45.7 Å². The van der Waals surface area contributed by atoms with E-state index in [1.54, 1.807) is 0 Å². The molecule has 1 aromatic carbocycles. The maximum Gasteiger partial charge on any atom is 0.251 e. The zero-order valence-electron chi connectivity index (χ0n) is 8.51. The highest BCUT2D eigenvalue weighted by molar-refractivity contribution is 6.18. The molecule has 2 aromatic rings. The topological polar surface area (TPSA) is 32.9 Å². The van der Waals surface area contributed by atoms with Crippen LogP contribution in [-0.2, 0) is 6.42 Å². The molecule has 0 fully saturated rings. The van der Waals surface area contributed by atoms with Crippen molar-refractivity contribution in [1.82, 2.24) is 4.98 Å². The average Bonchev–Trinajstić information content (AvgIpc) is 2.21. The van der Waals surface area contributed by atoms with Crippen LogP contribution in [0, 0.1) is 6.92 Å². The molecule has 0 radical (unpaired) electrons. The Morgan fingerprint density at radius 3 is 2.87 bits per heavy atom. The molecule has 0 spiro atoms. The smallest absolute Gasteiger partial charge is 0.251 e. The molecule has 0 aliphatic carbocycles. The zero-order valence-corrected chi connectivity index (χ0v) is 9.27. The van der Waals surface area contributed by atoms with Crippen LogP contribution in [-0.4, -0.2) is 10.9 Å². The van der Waals surface area contributed by atoms with E-state index in [2.05, 4.69) is 11.1 Å². The predicted octanol–water partition coefficient (Wildman–Crippen LogP) is 2.62. The van der Waals surface area contributed by atoms with E-state index in [-0.39, 0.29) is 5.56 Å².